The number of benzene rings is 1. The first kappa shape index (κ1) is 14.5. The standard InChI is InChI=1S/C12H15BrClNO2/c1-3-17-7-6-15(2)12(16)9-4-5-10(13)11(14)8-9/h4-5,8H,3,6-7H2,1-2H3. The third-order valence-electron chi connectivity index (χ3n) is 2.29. The van der Waals surface area contributed by atoms with Crippen molar-refractivity contribution < 1.29 is 9.53 Å². The summed E-state index contributed by atoms with van der Waals surface area (Å²) >= 11 is 9.24. The Hall–Kier alpha value is -0.580. The number of carbonyl (C=O) groups excluding carboxylic acids is 1. The van der Waals surface area contributed by atoms with Crippen molar-refractivity contribution in [3.8, 4) is 0 Å². The predicted molar refractivity (Wildman–Crippen MR) is 72.6 cm³/mol. The Labute approximate surface area is 115 Å². The summed E-state index contributed by atoms with van der Waals surface area (Å²) in [5.41, 5.74) is 0.581. The van der Waals surface area contributed by atoms with Crippen LogP contribution in [0.1, 0.15) is 17.3 Å². The normalized spacial score (nSPS) is 10.4. The molecule has 1 rings (SSSR count). The molecule has 0 bridgehead atoms. The minimum atomic E-state index is -0.0564. The van der Waals surface area contributed by atoms with Gasteiger partial charge in [-0.2, -0.15) is 0 Å². The van der Waals surface area contributed by atoms with Gasteiger partial charge < -0.3 is 9.64 Å². The van der Waals surface area contributed by atoms with E-state index in [-0.39, 0.29) is 5.91 Å². The summed E-state index contributed by atoms with van der Waals surface area (Å²) in [4.78, 5) is 13.6. The number of amides is 1. The van der Waals surface area contributed by atoms with E-state index < -0.39 is 0 Å². The molecule has 0 heterocycles. The second kappa shape index (κ2) is 6.99. The maximum absolute atomic E-state index is 12.0. The summed E-state index contributed by atoms with van der Waals surface area (Å²) < 4.78 is 5.99. The van der Waals surface area contributed by atoms with Gasteiger partial charge in [-0.25, -0.2) is 0 Å². The van der Waals surface area contributed by atoms with Gasteiger partial charge in [-0.1, -0.05) is 11.6 Å². The summed E-state index contributed by atoms with van der Waals surface area (Å²) in [5, 5.41) is 0.536. The largest absolute Gasteiger partial charge is 0.380 e. The second-order valence-electron chi connectivity index (χ2n) is 3.55. The summed E-state index contributed by atoms with van der Waals surface area (Å²) in [5.74, 6) is -0.0564. The van der Waals surface area contributed by atoms with Crippen molar-refractivity contribution in [2.45, 2.75) is 6.92 Å². The predicted octanol–water partition coefficient (Wildman–Crippen LogP) is 3.21. The van der Waals surface area contributed by atoms with Gasteiger partial charge in [-0.3, -0.25) is 4.79 Å². The van der Waals surface area contributed by atoms with E-state index in [1.54, 1.807) is 30.1 Å². The highest BCUT2D eigenvalue weighted by Gasteiger charge is 2.12. The molecular weight excluding hydrogens is 305 g/mol. The van der Waals surface area contributed by atoms with Crippen LogP contribution in [0, 0.1) is 0 Å². The molecule has 0 saturated heterocycles. The van der Waals surface area contributed by atoms with E-state index in [9.17, 15) is 4.79 Å². The minimum absolute atomic E-state index is 0.0564. The molecule has 0 aliphatic carbocycles. The number of rotatable bonds is 5. The first-order chi connectivity index (χ1) is 8.06. The zero-order chi connectivity index (χ0) is 12.8. The Morgan fingerprint density at radius 2 is 2.24 bits per heavy atom. The summed E-state index contributed by atoms with van der Waals surface area (Å²) in [6.45, 7) is 3.70. The van der Waals surface area contributed by atoms with Crippen LogP contribution in [0.15, 0.2) is 22.7 Å². The third-order valence-corrected chi connectivity index (χ3v) is 3.52. The van der Waals surface area contributed by atoms with E-state index in [1.165, 1.54) is 0 Å². The molecule has 0 atom stereocenters. The number of likely N-dealkylation sites (N-methyl/N-ethyl adjacent to an activating group) is 1. The van der Waals surface area contributed by atoms with Crippen LogP contribution in [0.4, 0.5) is 0 Å². The Bertz CT molecular complexity index is 398. The molecule has 17 heavy (non-hydrogen) atoms. The summed E-state index contributed by atoms with van der Waals surface area (Å²) in [6.07, 6.45) is 0. The molecule has 0 aliphatic heterocycles. The Kier molecular flexibility index (Phi) is 5.95. The molecule has 0 aromatic heterocycles. The third kappa shape index (κ3) is 4.30. The van der Waals surface area contributed by atoms with Gasteiger partial charge in [0.1, 0.15) is 0 Å². The molecule has 5 heteroatoms. The number of ether oxygens (including phenoxy) is 1. The van der Waals surface area contributed by atoms with Crippen molar-refractivity contribution in [1.29, 1.82) is 0 Å². The fourth-order valence-electron chi connectivity index (χ4n) is 1.30. The highest BCUT2D eigenvalue weighted by molar-refractivity contribution is 9.10. The molecule has 0 radical (unpaired) electrons. The average molecular weight is 321 g/mol. The van der Waals surface area contributed by atoms with Gasteiger partial charge in [0.25, 0.3) is 5.91 Å². The Morgan fingerprint density at radius 1 is 1.53 bits per heavy atom. The van der Waals surface area contributed by atoms with Crippen LogP contribution in [0.5, 0.6) is 0 Å². The lowest BCUT2D eigenvalue weighted by molar-refractivity contribution is 0.0710. The highest BCUT2D eigenvalue weighted by atomic mass is 79.9. The van der Waals surface area contributed by atoms with Crippen LogP contribution in [-0.4, -0.2) is 37.6 Å². The fourth-order valence-corrected chi connectivity index (χ4v) is 1.72. The zero-order valence-corrected chi connectivity index (χ0v) is 12.2. The van der Waals surface area contributed by atoms with Crippen molar-refractivity contribution in [3.05, 3.63) is 33.3 Å². The van der Waals surface area contributed by atoms with Crippen LogP contribution in [0.25, 0.3) is 0 Å². The van der Waals surface area contributed by atoms with Gasteiger partial charge in [0.2, 0.25) is 0 Å². The molecule has 3 nitrogen and oxygen atoms in total. The smallest absolute Gasteiger partial charge is 0.253 e. The Balaban J connectivity index is 2.65. The lowest BCUT2D eigenvalue weighted by Gasteiger charge is -2.17. The topological polar surface area (TPSA) is 29.5 Å². The van der Waals surface area contributed by atoms with E-state index in [4.69, 9.17) is 16.3 Å². The number of hydrogen-bond acceptors (Lipinski definition) is 2. The fraction of sp³-hybridized carbons (Fsp3) is 0.417. The highest BCUT2D eigenvalue weighted by Crippen LogP contribution is 2.23. The Morgan fingerprint density at radius 3 is 2.82 bits per heavy atom. The van der Waals surface area contributed by atoms with Crippen molar-refractivity contribution in [2.75, 3.05) is 26.8 Å². The van der Waals surface area contributed by atoms with E-state index in [0.717, 1.165) is 4.47 Å². The zero-order valence-electron chi connectivity index (χ0n) is 9.87. The minimum Gasteiger partial charge on any atom is -0.380 e. The molecule has 1 aromatic carbocycles. The molecule has 0 fully saturated rings. The lowest BCUT2D eigenvalue weighted by atomic mass is 10.2. The van der Waals surface area contributed by atoms with Gasteiger partial charge in [-0.15, -0.1) is 0 Å². The first-order valence-corrected chi connectivity index (χ1v) is 6.51. The maximum Gasteiger partial charge on any atom is 0.253 e. The summed E-state index contributed by atoms with van der Waals surface area (Å²) in [6, 6.07) is 5.17. The van der Waals surface area contributed by atoms with Crippen LogP contribution in [0.3, 0.4) is 0 Å². The lowest BCUT2D eigenvalue weighted by Crippen LogP contribution is -2.30. The van der Waals surface area contributed by atoms with Crippen molar-refractivity contribution >= 4 is 33.4 Å². The van der Waals surface area contributed by atoms with E-state index in [2.05, 4.69) is 15.9 Å². The molecule has 94 valence electrons. The van der Waals surface area contributed by atoms with Gasteiger partial charge >= 0.3 is 0 Å². The van der Waals surface area contributed by atoms with Crippen molar-refractivity contribution in [2.24, 2.45) is 0 Å². The van der Waals surface area contributed by atoms with E-state index in [1.807, 2.05) is 6.92 Å². The molecular formula is C12H15BrClNO2. The second-order valence-corrected chi connectivity index (χ2v) is 4.81. The van der Waals surface area contributed by atoms with Crippen molar-refractivity contribution in [1.82, 2.24) is 4.90 Å². The molecule has 0 spiro atoms. The van der Waals surface area contributed by atoms with Crippen LogP contribution < -0.4 is 0 Å². The quantitative estimate of drug-likeness (QED) is 0.780. The van der Waals surface area contributed by atoms with E-state index >= 15 is 0 Å². The number of hydrogen-bond donors (Lipinski definition) is 0. The molecule has 0 saturated carbocycles. The van der Waals surface area contributed by atoms with Crippen LogP contribution in [-0.2, 0) is 4.74 Å². The van der Waals surface area contributed by atoms with Gasteiger partial charge in [0.05, 0.1) is 11.6 Å². The van der Waals surface area contributed by atoms with Crippen LogP contribution in [0.2, 0.25) is 5.02 Å². The summed E-state index contributed by atoms with van der Waals surface area (Å²) in [7, 11) is 1.75. The first-order valence-electron chi connectivity index (χ1n) is 5.34. The van der Waals surface area contributed by atoms with Crippen LogP contribution >= 0.6 is 27.5 Å². The maximum atomic E-state index is 12.0. The molecule has 1 aromatic rings. The van der Waals surface area contributed by atoms with Crippen molar-refractivity contribution in [3.63, 3.8) is 0 Å². The van der Waals surface area contributed by atoms with Gasteiger partial charge in [0, 0.05) is 30.2 Å². The monoisotopic (exact) mass is 319 g/mol. The van der Waals surface area contributed by atoms with Gasteiger partial charge in [-0.05, 0) is 41.1 Å². The average Bonchev–Trinajstić information content (AvgIpc) is 2.32. The molecule has 1 amide bonds. The number of carbonyl (C=O) groups is 1. The number of nitrogens with zero attached hydrogens (tertiary/aromatic N) is 1. The SMILES string of the molecule is CCOCCN(C)C(=O)c1ccc(Br)c(Cl)c1. The van der Waals surface area contributed by atoms with Gasteiger partial charge in [0.15, 0.2) is 0 Å². The molecule has 0 aliphatic rings. The van der Waals surface area contributed by atoms with E-state index in [0.29, 0.717) is 30.3 Å². The number of halogens is 2. The molecule has 0 unspecified atom stereocenters. The molecule has 0 N–H and O–H groups in total.